The second kappa shape index (κ2) is 7.92. The summed E-state index contributed by atoms with van der Waals surface area (Å²) < 4.78 is 11.9. The van der Waals surface area contributed by atoms with E-state index in [0.29, 0.717) is 11.8 Å². The van der Waals surface area contributed by atoms with E-state index in [0.717, 1.165) is 31.8 Å². The van der Waals surface area contributed by atoms with Crippen molar-refractivity contribution in [2.75, 3.05) is 31.2 Å². The molecule has 2 rings (SSSR count). The first-order valence-electron chi connectivity index (χ1n) is 9.26. The lowest BCUT2D eigenvalue weighted by Crippen LogP contribution is -2.47. The van der Waals surface area contributed by atoms with Crippen LogP contribution in [0.25, 0.3) is 0 Å². The number of benzene rings is 1. The minimum Gasteiger partial charge on any atom is -0.407 e. The van der Waals surface area contributed by atoms with Crippen molar-refractivity contribution in [3.05, 3.63) is 23.8 Å². The van der Waals surface area contributed by atoms with Crippen LogP contribution in [0.5, 0.6) is 0 Å². The van der Waals surface area contributed by atoms with Crippen LogP contribution in [0.1, 0.15) is 47.1 Å². The van der Waals surface area contributed by atoms with Gasteiger partial charge in [-0.05, 0) is 35.9 Å². The number of nitrogens with zero attached hydrogens (tertiary/aromatic N) is 1. The van der Waals surface area contributed by atoms with Gasteiger partial charge in [0.15, 0.2) is 0 Å². The molecule has 0 atom stereocenters. The number of rotatable bonds is 6. The number of hydrogen-bond acceptors (Lipinski definition) is 3. The third kappa shape index (κ3) is 5.25. The van der Waals surface area contributed by atoms with E-state index < -0.39 is 0 Å². The summed E-state index contributed by atoms with van der Waals surface area (Å²) in [6.07, 6.45) is 0. The minimum absolute atomic E-state index is 0.108. The molecule has 1 aliphatic rings. The SMILES string of the molecule is Cc1cc(B2OCC(C)(C)CO2)ccc1N(CC(C)C)CC(C)C. The fraction of sp³-hybridized carbons (Fsp3) is 0.700. The van der Waals surface area contributed by atoms with Crippen molar-refractivity contribution in [1.29, 1.82) is 0 Å². The Morgan fingerprint density at radius 3 is 2.04 bits per heavy atom. The lowest BCUT2D eigenvalue weighted by molar-refractivity contribution is 0.0343. The normalized spacial score (nSPS) is 17.6. The van der Waals surface area contributed by atoms with Gasteiger partial charge >= 0.3 is 7.12 Å². The molecule has 0 unspecified atom stereocenters. The van der Waals surface area contributed by atoms with E-state index in [-0.39, 0.29) is 12.5 Å². The third-order valence-electron chi connectivity index (χ3n) is 4.26. The van der Waals surface area contributed by atoms with Crippen molar-refractivity contribution in [2.45, 2.75) is 48.5 Å². The van der Waals surface area contributed by atoms with E-state index in [1.165, 1.54) is 11.3 Å². The maximum absolute atomic E-state index is 5.93. The smallest absolute Gasteiger partial charge is 0.407 e. The molecule has 0 aromatic heterocycles. The molecule has 134 valence electrons. The van der Waals surface area contributed by atoms with Gasteiger partial charge < -0.3 is 14.2 Å². The van der Waals surface area contributed by atoms with Crippen LogP contribution in [0.4, 0.5) is 5.69 Å². The molecular weight excluding hydrogens is 297 g/mol. The topological polar surface area (TPSA) is 21.7 Å². The molecule has 1 aromatic carbocycles. The summed E-state index contributed by atoms with van der Waals surface area (Å²) in [5, 5.41) is 0. The van der Waals surface area contributed by atoms with Crippen LogP contribution >= 0.6 is 0 Å². The summed E-state index contributed by atoms with van der Waals surface area (Å²) in [6.45, 7) is 19.3. The summed E-state index contributed by atoms with van der Waals surface area (Å²) in [7, 11) is -0.227. The summed E-state index contributed by atoms with van der Waals surface area (Å²) in [4.78, 5) is 2.51. The first-order valence-corrected chi connectivity index (χ1v) is 9.26. The predicted molar refractivity (Wildman–Crippen MR) is 104 cm³/mol. The molecule has 0 spiro atoms. The number of aryl methyl sites for hydroxylation is 1. The second-order valence-electron chi connectivity index (χ2n) is 8.86. The van der Waals surface area contributed by atoms with Crippen molar-refractivity contribution >= 4 is 18.3 Å². The van der Waals surface area contributed by atoms with Crippen LogP contribution in [0.2, 0.25) is 0 Å². The molecule has 4 heteroatoms. The van der Waals surface area contributed by atoms with Gasteiger partial charge in [0, 0.05) is 37.4 Å². The van der Waals surface area contributed by atoms with Crippen LogP contribution in [0.15, 0.2) is 18.2 Å². The highest BCUT2D eigenvalue weighted by molar-refractivity contribution is 6.61. The Kier molecular flexibility index (Phi) is 6.38. The highest BCUT2D eigenvalue weighted by Gasteiger charge is 2.33. The van der Waals surface area contributed by atoms with Crippen LogP contribution in [0.3, 0.4) is 0 Å². The van der Waals surface area contributed by atoms with E-state index in [1.807, 2.05) is 0 Å². The number of anilines is 1. The Balaban J connectivity index is 2.15. The first kappa shape index (κ1) is 19.3. The molecule has 1 aromatic rings. The Morgan fingerprint density at radius 1 is 1.04 bits per heavy atom. The zero-order valence-corrected chi connectivity index (χ0v) is 16.6. The van der Waals surface area contributed by atoms with Gasteiger partial charge in [-0.2, -0.15) is 0 Å². The third-order valence-corrected chi connectivity index (χ3v) is 4.26. The lowest BCUT2D eigenvalue weighted by atomic mass is 9.75. The van der Waals surface area contributed by atoms with Gasteiger partial charge in [-0.15, -0.1) is 0 Å². The molecule has 0 saturated carbocycles. The van der Waals surface area contributed by atoms with Gasteiger partial charge in [0.1, 0.15) is 0 Å². The summed E-state index contributed by atoms with van der Waals surface area (Å²) in [5.41, 5.74) is 3.86. The Labute approximate surface area is 148 Å². The Morgan fingerprint density at radius 2 is 1.58 bits per heavy atom. The quantitative estimate of drug-likeness (QED) is 0.739. The highest BCUT2D eigenvalue weighted by atomic mass is 16.6. The van der Waals surface area contributed by atoms with Crippen molar-refractivity contribution in [2.24, 2.45) is 17.3 Å². The molecule has 1 aliphatic heterocycles. The van der Waals surface area contributed by atoms with Crippen LogP contribution in [-0.4, -0.2) is 33.4 Å². The zero-order chi connectivity index (χ0) is 17.9. The van der Waals surface area contributed by atoms with Crippen molar-refractivity contribution in [3.8, 4) is 0 Å². The van der Waals surface area contributed by atoms with Crippen molar-refractivity contribution < 1.29 is 9.31 Å². The number of hydrogen-bond donors (Lipinski definition) is 0. The largest absolute Gasteiger partial charge is 0.493 e. The van der Waals surface area contributed by atoms with E-state index >= 15 is 0 Å². The predicted octanol–water partition coefficient (Wildman–Crippen LogP) is 3.88. The monoisotopic (exact) mass is 331 g/mol. The lowest BCUT2D eigenvalue weighted by Gasteiger charge is -2.34. The average Bonchev–Trinajstić information content (AvgIpc) is 2.45. The van der Waals surface area contributed by atoms with Crippen LogP contribution in [-0.2, 0) is 9.31 Å². The maximum Gasteiger partial charge on any atom is 0.493 e. The van der Waals surface area contributed by atoms with Gasteiger partial charge in [-0.3, -0.25) is 0 Å². The van der Waals surface area contributed by atoms with Crippen LogP contribution in [0, 0.1) is 24.2 Å². The molecule has 0 N–H and O–H groups in total. The molecule has 0 aliphatic carbocycles. The van der Waals surface area contributed by atoms with Gasteiger partial charge in [-0.25, -0.2) is 0 Å². The van der Waals surface area contributed by atoms with E-state index in [9.17, 15) is 0 Å². The molecule has 0 bridgehead atoms. The van der Waals surface area contributed by atoms with E-state index in [1.54, 1.807) is 0 Å². The summed E-state index contributed by atoms with van der Waals surface area (Å²) >= 11 is 0. The van der Waals surface area contributed by atoms with Crippen molar-refractivity contribution in [1.82, 2.24) is 0 Å². The molecule has 1 saturated heterocycles. The summed E-state index contributed by atoms with van der Waals surface area (Å²) in [6, 6.07) is 6.63. The molecule has 1 fully saturated rings. The molecule has 0 amide bonds. The molecule has 24 heavy (non-hydrogen) atoms. The minimum atomic E-state index is -0.227. The fourth-order valence-corrected chi connectivity index (χ4v) is 3.22. The molecular formula is C20H34BNO2. The molecule has 0 radical (unpaired) electrons. The molecule has 3 nitrogen and oxygen atoms in total. The summed E-state index contributed by atoms with van der Waals surface area (Å²) in [5.74, 6) is 1.30. The van der Waals surface area contributed by atoms with E-state index in [2.05, 4.69) is 71.6 Å². The average molecular weight is 331 g/mol. The van der Waals surface area contributed by atoms with Gasteiger partial charge in [0.25, 0.3) is 0 Å². The standard InChI is InChI=1S/C20H34BNO2/c1-15(2)11-22(12-16(3)4)19-9-8-18(10-17(19)5)21-23-13-20(6,7)14-24-21/h8-10,15-16H,11-14H2,1-7H3. The zero-order valence-electron chi connectivity index (χ0n) is 16.6. The van der Waals surface area contributed by atoms with E-state index in [4.69, 9.17) is 9.31 Å². The Hall–Kier alpha value is -0.995. The Bertz CT molecular complexity index is 522. The van der Waals surface area contributed by atoms with Crippen molar-refractivity contribution in [3.63, 3.8) is 0 Å². The van der Waals surface area contributed by atoms with Gasteiger partial charge in [-0.1, -0.05) is 53.7 Å². The maximum atomic E-state index is 5.93. The van der Waals surface area contributed by atoms with Gasteiger partial charge in [0.05, 0.1) is 0 Å². The fourth-order valence-electron chi connectivity index (χ4n) is 3.22. The van der Waals surface area contributed by atoms with Crippen LogP contribution < -0.4 is 10.4 Å². The molecule has 1 heterocycles. The van der Waals surface area contributed by atoms with Gasteiger partial charge in [0.2, 0.25) is 0 Å². The second-order valence-corrected chi connectivity index (χ2v) is 8.86. The first-order chi connectivity index (χ1) is 11.2. The highest BCUT2D eigenvalue weighted by Crippen LogP contribution is 2.24.